The van der Waals surface area contributed by atoms with E-state index in [9.17, 15) is 9.59 Å². The van der Waals surface area contributed by atoms with Gasteiger partial charge in [-0.2, -0.15) is 0 Å². The zero-order valence-electron chi connectivity index (χ0n) is 14.3. The second-order valence-corrected chi connectivity index (χ2v) is 6.18. The van der Waals surface area contributed by atoms with E-state index in [0.29, 0.717) is 5.56 Å². The van der Waals surface area contributed by atoms with E-state index in [1.807, 2.05) is 68.4 Å². The van der Waals surface area contributed by atoms with Crippen molar-refractivity contribution in [2.24, 2.45) is 0 Å². The SMILES string of the molecule is Cc1ccc(C(=O)NNC(=O)Cc2ccc3ccccc3c2)c(C)c1. The van der Waals surface area contributed by atoms with E-state index in [1.54, 1.807) is 6.07 Å². The number of nitrogens with one attached hydrogen (secondary N) is 2. The molecule has 0 saturated carbocycles. The fraction of sp³-hybridized carbons (Fsp3) is 0.143. The molecule has 2 N–H and O–H groups in total. The number of carbonyl (C=O) groups is 2. The Morgan fingerprint density at radius 1 is 0.840 bits per heavy atom. The van der Waals surface area contributed by atoms with Gasteiger partial charge in [0, 0.05) is 5.56 Å². The van der Waals surface area contributed by atoms with Crippen molar-refractivity contribution in [3.05, 3.63) is 82.9 Å². The summed E-state index contributed by atoms with van der Waals surface area (Å²) in [4.78, 5) is 24.3. The van der Waals surface area contributed by atoms with Gasteiger partial charge in [0.15, 0.2) is 0 Å². The Morgan fingerprint density at radius 2 is 1.60 bits per heavy atom. The molecule has 0 spiro atoms. The van der Waals surface area contributed by atoms with Crippen molar-refractivity contribution in [3.8, 4) is 0 Å². The monoisotopic (exact) mass is 332 g/mol. The number of benzene rings is 3. The highest BCUT2D eigenvalue weighted by Crippen LogP contribution is 2.16. The van der Waals surface area contributed by atoms with Crippen LogP contribution in [0.3, 0.4) is 0 Å². The fourth-order valence-corrected chi connectivity index (χ4v) is 2.84. The average Bonchev–Trinajstić information content (AvgIpc) is 2.59. The number of hydrogen-bond donors (Lipinski definition) is 2. The first-order chi connectivity index (χ1) is 12.0. The summed E-state index contributed by atoms with van der Waals surface area (Å²) in [5.74, 6) is -0.572. The minimum absolute atomic E-state index is 0.206. The van der Waals surface area contributed by atoms with Gasteiger partial charge in [0.25, 0.3) is 5.91 Å². The van der Waals surface area contributed by atoms with E-state index < -0.39 is 0 Å². The van der Waals surface area contributed by atoms with E-state index >= 15 is 0 Å². The van der Waals surface area contributed by atoms with Crippen molar-refractivity contribution in [2.45, 2.75) is 20.3 Å². The van der Waals surface area contributed by atoms with Gasteiger partial charge in [0.05, 0.1) is 6.42 Å². The molecule has 0 bridgehead atoms. The molecular formula is C21H20N2O2. The number of aryl methyl sites for hydroxylation is 2. The van der Waals surface area contributed by atoms with E-state index in [1.165, 1.54) is 0 Å². The molecular weight excluding hydrogens is 312 g/mol. The predicted octanol–water partition coefficient (Wildman–Crippen LogP) is 3.46. The molecule has 2 amide bonds. The molecule has 0 unspecified atom stereocenters. The molecule has 0 aliphatic rings. The Labute approximate surface area is 146 Å². The number of carbonyl (C=O) groups excluding carboxylic acids is 2. The highest BCUT2D eigenvalue weighted by molar-refractivity contribution is 5.97. The second-order valence-electron chi connectivity index (χ2n) is 6.18. The van der Waals surface area contributed by atoms with Crippen LogP contribution in [0.25, 0.3) is 10.8 Å². The zero-order chi connectivity index (χ0) is 17.8. The zero-order valence-corrected chi connectivity index (χ0v) is 14.3. The molecule has 3 aromatic carbocycles. The average molecular weight is 332 g/mol. The van der Waals surface area contributed by atoms with Crippen LogP contribution in [-0.2, 0) is 11.2 Å². The lowest BCUT2D eigenvalue weighted by Gasteiger charge is -2.10. The summed E-state index contributed by atoms with van der Waals surface area (Å²) in [6.45, 7) is 3.85. The van der Waals surface area contributed by atoms with Gasteiger partial charge in [-0.05, 0) is 41.8 Å². The van der Waals surface area contributed by atoms with E-state index in [4.69, 9.17) is 0 Å². The summed E-state index contributed by atoms with van der Waals surface area (Å²) < 4.78 is 0. The Morgan fingerprint density at radius 3 is 2.36 bits per heavy atom. The highest BCUT2D eigenvalue weighted by atomic mass is 16.2. The fourth-order valence-electron chi connectivity index (χ4n) is 2.84. The number of amides is 2. The number of fused-ring (bicyclic) bond motifs is 1. The lowest BCUT2D eigenvalue weighted by Crippen LogP contribution is -2.42. The molecule has 0 aliphatic heterocycles. The first-order valence-electron chi connectivity index (χ1n) is 8.17. The Hall–Kier alpha value is -3.14. The largest absolute Gasteiger partial charge is 0.273 e. The van der Waals surface area contributed by atoms with Crippen LogP contribution in [0.5, 0.6) is 0 Å². The van der Waals surface area contributed by atoms with Gasteiger partial charge in [-0.3, -0.25) is 20.4 Å². The Balaban J connectivity index is 1.61. The highest BCUT2D eigenvalue weighted by Gasteiger charge is 2.10. The van der Waals surface area contributed by atoms with Crippen molar-refractivity contribution in [1.82, 2.24) is 10.9 Å². The van der Waals surface area contributed by atoms with Gasteiger partial charge in [0.2, 0.25) is 5.91 Å². The molecule has 3 aromatic rings. The number of hydrazine groups is 1. The summed E-state index contributed by atoms with van der Waals surface area (Å²) in [7, 11) is 0. The van der Waals surface area contributed by atoms with Gasteiger partial charge >= 0.3 is 0 Å². The minimum atomic E-state index is -0.315. The molecule has 4 nitrogen and oxygen atoms in total. The molecule has 4 heteroatoms. The predicted molar refractivity (Wildman–Crippen MR) is 99.2 cm³/mol. The van der Waals surface area contributed by atoms with Crippen molar-refractivity contribution < 1.29 is 9.59 Å². The third-order valence-electron chi connectivity index (χ3n) is 4.12. The molecule has 0 heterocycles. The van der Waals surface area contributed by atoms with Crippen LogP contribution >= 0.6 is 0 Å². The van der Waals surface area contributed by atoms with Crippen molar-refractivity contribution in [1.29, 1.82) is 0 Å². The summed E-state index contributed by atoms with van der Waals surface area (Å²) >= 11 is 0. The first kappa shape index (κ1) is 16.7. The van der Waals surface area contributed by atoms with E-state index in [0.717, 1.165) is 27.5 Å². The van der Waals surface area contributed by atoms with Crippen molar-refractivity contribution in [3.63, 3.8) is 0 Å². The summed E-state index contributed by atoms with van der Waals surface area (Å²) in [5, 5.41) is 2.22. The number of rotatable bonds is 3. The molecule has 0 atom stereocenters. The molecule has 0 saturated heterocycles. The molecule has 126 valence electrons. The van der Waals surface area contributed by atoms with Crippen LogP contribution in [0, 0.1) is 13.8 Å². The smallest absolute Gasteiger partial charge is 0.269 e. The van der Waals surface area contributed by atoms with Crippen LogP contribution in [0.4, 0.5) is 0 Å². The molecule has 0 fully saturated rings. The molecule has 0 aliphatic carbocycles. The first-order valence-corrected chi connectivity index (χ1v) is 8.17. The van der Waals surface area contributed by atoms with Gasteiger partial charge in [-0.15, -0.1) is 0 Å². The lowest BCUT2D eigenvalue weighted by atomic mass is 10.0. The summed E-state index contributed by atoms with van der Waals surface area (Å²) in [6.07, 6.45) is 0.206. The van der Waals surface area contributed by atoms with Crippen LogP contribution in [-0.4, -0.2) is 11.8 Å². The second kappa shape index (κ2) is 7.18. The van der Waals surface area contributed by atoms with Gasteiger partial charge in [-0.1, -0.05) is 60.2 Å². The number of hydrogen-bond acceptors (Lipinski definition) is 2. The van der Waals surface area contributed by atoms with Crippen LogP contribution in [0.15, 0.2) is 60.7 Å². The maximum atomic E-state index is 12.2. The van der Waals surface area contributed by atoms with Crippen molar-refractivity contribution >= 4 is 22.6 Å². The summed E-state index contributed by atoms with van der Waals surface area (Å²) in [6, 6.07) is 19.5. The maximum Gasteiger partial charge on any atom is 0.269 e. The van der Waals surface area contributed by atoms with E-state index in [-0.39, 0.29) is 18.2 Å². The van der Waals surface area contributed by atoms with Crippen LogP contribution < -0.4 is 10.9 Å². The van der Waals surface area contributed by atoms with E-state index in [2.05, 4.69) is 10.9 Å². The van der Waals surface area contributed by atoms with Crippen LogP contribution in [0.2, 0.25) is 0 Å². The molecule has 0 aromatic heterocycles. The topological polar surface area (TPSA) is 58.2 Å². The van der Waals surface area contributed by atoms with Gasteiger partial charge < -0.3 is 0 Å². The quantitative estimate of drug-likeness (QED) is 0.722. The van der Waals surface area contributed by atoms with Crippen LogP contribution in [0.1, 0.15) is 27.0 Å². The van der Waals surface area contributed by atoms with Gasteiger partial charge in [0.1, 0.15) is 0 Å². The van der Waals surface area contributed by atoms with Crippen molar-refractivity contribution in [2.75, 3.05) is 0 Å². The normalized spacial score (nSPS) is 10.5. The molecule has 0 radical (unpaired) electrons. The minimum Gasteiger partial charge on any atom is -0.273 e. The lowest BCUT2D eigenvalue weighted by molar-refractivity contribution is -0.121. The standard InChI is InChI=1S/C21H20N2O2/c1-14-7-10-19(15(2)11-14)21(25)23-22-20(24)13-16-8-9-17-5-3-4-6-18(17)12-16/h3-12H,13H2,1-2H3,(H,22,24)(H,23,25). The maximum absolute atomic E-state index is 12.2. The third-order valence-corrected chi connectivity index (χ3v) is 4.12. The molecule has 25 heavy (non-hydrogen) atoms. The molecule has 3 rings (SSSR count). The Bertz CT molecular complexity index is 948. The summed E-state index contributed by atoms with van der Waals surface area (Å²) in [5.41, 5.74) is 8.38. The Kier molecular flexibility index (Phi) is 4.80. The van der Waals surface area contributed by atoms with Gasteiger partial charge in [-0.25, -0.2) is 0 Å². The third kappa shape index (κ3) is 4.04.